The molecule has 0 aliphatic heterocycles. The predicted octanol–water partition coefficient (Wildman–Crippen LogP) is 2.22. The number of rotatable bonds is 5. The van der Waals surface area contributed by atoms with Crippen molar-refractivity contribution in [2.45, 2.75) is 12.6 Å². The maximum atomic E-state index is 12.5. The first kappa shape index (κ1) is 15.9. The molecule has 2 heterocycles. The van der Waals surface area contributed by atoms with Crippen LogP contribution in [0.2, 0.25) is 0 Å². The Kier molecular flexibility index (Phi) is 4.10. The Balaban J connectivity index is 1.66. The molecular formula is C19H16N4O3. The summed E-state index contributed by atoms with van der Waals surface area (Å²) in [6.07, 6.45) is 1.29. The van der Waals surface area contributed by atoms with Crippen molar-refractivity contribution >= 4 is 16.9 Å². The van der Waals surface area contributed by atoms with Gasteiger partial charge in [0, 0.05) is 5.39 Å². The van der Waals surface area contributed by atoms with Crippen molar-refractivity contribution in [1.82, 2.24) is 20.1 Å². The Labute approximate surface area is 148 Å². The second kappa shape index (κ2) is 6.72. The highest BCUT2D eigenvalue weighted by Gasteiger charge is 2.21. The number of benzene rings is 2. The molecule has 1 unspecified atom stereocenters. The van der Waals surface area contributed by atoms with Crippen LogP contribution in [-0.4, -0.2) is 20.7 Å². The number of aromatic amines is 1. The third-order valence-electron chi connectivity index (χ3n) is 4.10. The van der Waals surface area contributed by atoms with Crippen molar-refractivity contribution in [1.29, 1.82) is 0 Å². The summed E-state index contributed by atoms with van der Waals surface area (Å²) < 4.78 is 7.15. The second-order valence-electron chi connectivity index (χ2n) is 5.89. The fourth-order valence-corrected chi connectivity index (χ4v) is 2.85. The Morgan fingerprint density at radius 1 is 1.15 bits per heavy atom. The minimum atomic E-state index is -0.460. The molecular weight excluding hydrogens is 332 g/mol. The summed E-state index contributed by atoms with van der Waals surface area (Å²) in [5.74, 6) is 0.313. The summed E-state index contributed by atoms with van der Waals surface area (Å²) in [6, 6.07) is 18.7. The van der Waals surface area contributed by atoms with Gasteiger partial charge in [0.2, 0.25) is 5.91 Å². The van der Waals surface area contributed by atoms with E-state index in [2.05, 4.69) is 15.5 Å². The van der Waals surface area contributed by atoms with E-state index in [-0.39, 0.29) is 12.5 Å². The van der Waals surface area contributed by atoms with Crippen LogP contribution in [0.25, 0.3) is 11.0 Å². The molecule has 0 saturated heterocycles. The largest absolute Gasteiger partial charge is 0.459 e. The van der Waals surface area contributed by atoms with Crippen LogP contribution in [0.5, 0.6) is 0 Å². The maximum Gasteiger partial charge on any atom is 0.343 e. The summed E-state index contributed by atoms with van der Waals surface area (Å²) in [4.78, 5) is 24.0. The van der Waals surface area contributed by atoms with E-state index in [4.69, 9.17) is 4.42 Å². The topological polar surface area (TPSA) is 92.9 Å². The molecule has 1 amide bonds. The van der Waals surface area contributed by atoms with Crippen molar-refractivity contribution < 1.29 is 9.21 Å². The van der Waals surface area contributed by atoms with Crippen molar-refractivity contribution in [3.05, 3.63) is 88.8 Å². The van der Waals surface area contributed by atoms with Crippen LogP contribution >= 0.6 is 0 Å². The van der Waals surface area contributed by atoms with Crippen molar-refractivity contribution in [3.63, 3.8) is 0 Å². The van der Waals surface area contributed by atoms with E-state index in [1.54, 1.807) is 0 Å². The first-order valence-electron chi connectivity index (χ1n) is 8.13. The minimum absolute atomic E-state index is 0.126. The molecule has 7 nitrogen and oxygen atoms in total. The van der Waals surface area contributed by atoms with E-state index < -0.39 is 11.7 Å². The fourth-order valence-electron chi connectivity index (χ4n) is 2.85. The molecule has 2 N–H and O–H groups in total. The van der Waals surface area contributed by atoms with Gasteiger partial charge in [-0.05, 0) is 17.7 Å². The van der Waals surface area contributed by atoms with Crippen LogP contribution in [0.15, 0.2) is 76.2 Å². The molecule has 0 spiro atoms. The maximum absolute atomic E-state index is 12.5. The lowest BCUT2D eigenvalue weighted by Gasteiger charge is -2.17. The summed E-state index contributed by atoms with van der Waals surface area (Å²) in [7, 11) is 0. The lowest BCUT2D eigenvalue weighted by atomic mass is 10.0. The fraction of sp³-hybridized carbons (Fsp3) is 0.105. The predicted molar refractivity (Wildman–Crippen MR) is 95.5 cm³/mol. The van der Waals surface area contributed by atoms with Crippen LogP contribution in [0.1, 0.15) is 17.4 Å². The molecule has 0 bridgehead atoms. The monoisotopic (exact) mass is 348 g/mol. The summed E-state index contributed by atoms with van der Waals surface area (Å²) in [5, 5.41) is 9.80. The van der Waals surface area contributed by atoms with Gasteiger partial charge in [0.1, 0.15) is 30.3 Å². The first-order chi connectivity index (χ1) is 12.7. The van der Waals surface area contributed by atoms with Gasteiger partial charge in [-0.3, -0.25) is 9.36 Å². The van der Waals surface area contributed by atoms with Gasteiger partial charge < -0.3 is 9.73 Å². The van der Waals surface area contributed by atoms with E-state index in [1.165, 1.54) is 10.9 Å². The minimum Gasteiger partial charge on any atom is -0.459 e. The molecule has 0 fully saturated rings. The Bertz CT molecular complexity index is 1060. The smallest absolute Gasteiger partial charge is 0.343 e. The van der Waals surface area contributed by atoms with Gasteiger partial charge in [-0.2, -0.15) is 5.10 Å². The molecule has 0 saturated carbocycles. The van der Waals surface area contributed by atoms with E-state index in [9.17, 15) is 9.59 Å². The molecule has 7 heteroatoms. The molecule has 0 radical (unpaired) electrons. The van der Waals surface area contributed by atoms with Crippen molar-refractivity contribution in [2.75, 3.05) is 0 Å². The molecule has 2 aromatic heterocycles. The van der Waals surface area contributed by atoms with E-state index in [1.807, 2.05) is 60.7 Å². The number of H-pyrrole nitrogens is 1. The molecule has 130 valence electrons. The molecule has 26 heavy (non-hydrogen) atoms. The number of para-hydroxylation sites is 1. The lowest BCUT2D eigenvalue weighted by molar-refractivity contribution is -0.122. The number of hydrogen-bond acceptors (Lipinski definition) is 4. The number of nitrogens with zero attached hydrogens (tertiary/aromatic N) is 2. The van der Waals surface area contributed by atoms with E-state index in [0.29, 0.717) is 5.76 Å². The van der Waals surface area contributed by atoms with Gasteiger partial charge in [0.25, 0.3) is 0 Å². The summed E-state index contributed by atoms with van der Waals surface area (Å²) >= 11 is 0. The first-order valence-corrected chi connectivity index (χ1v) is 8.13. The number of furan rings is 1. The Hall–Kier alpha value is -3.61. The third-order valence-corrected chi connectivity index (χ3v) is 4.10. The number of hydrogen-bond donors (Lipinski definition) is 2. The van der Waals surface area contributed by atoms with Gasteiger partial charge in [-0.25, -0.2) is 9.89 Å². The number of carbonyl (C=O) groups excluding carboxylic acids is 1. The Morgan fingerprint density at radius 3 is 2.65 bits per heavy atom. The van der Waals surface area contributed by atoms with Crippen LogP contribution in [0, 0.1) is 0 Å². The molecule has 0 aliphatic rings. The normalized spacial score (nSPS) is 12.2. The zero-order valence-corrected chi connectivity index (χ0v) is 13.8. The molecule has 1 atom stereocenters. The van der Waals surface area contributed by atoms with Crippen molar-refractivity contribution in [2.24, 2.45) is 0 Å². The van der Waals surface area contributed by atoms with Gasteiger partial charge in [-0.15, -0.1) is 0 Å². The quantitative estimate of drug-likeness (QED) is 0.578. The number of carbonyl (C=O) groups is 1. The lowest BCUT2D eigenvalue weighted by Crippen LogP contribution is -2.34. The van der Waals surface area contributed by atoms with Gasteiger partial charge in [0.05, 0.1) is 0 Å². The van der Waals surface area contributed by atoms with Gasteiger partial charge in [-0.1, -0.05) is 48.5 Å². The number of aromatic nitrogens is 3. The highest BCUT2D eigenvalue weighted by atomic mass is 16.3. The molecule has 4 aromatic rings. The van der Waals surface area contributed by atoms with Gasteiger partial charge >= 0.3 is 5.69 Å². The molecule has 0 aliphatic carbocycles. The average molecular weight is 348 g/mol. The van der Waals surface area contributed by atoms with Crippen LogP contribution in [-0.2, 0) is 11.3 Å². The number of nitrogens with one attached hydrogen (secondary N) is 2. The van der Waals surface area contributed by atoms with Crippen molar-refractivity contribution in [3.8, 4) is 0 Å². The van der Waals surface area contributed by atoms with Gasteiger partial charge in [0.15, 0.2) is 0 Å². The second-order valence-corrected chi connectivity index (χ2v) is 5.89. The zero-order chi connectivity index (χ0) is 17.9. The molecule has 2 aromatic carbocycles. The molecule has 4 rings (SSSR count). The van der Waals surface area contributed by atoms with Crippen LogP contribution in [0.3, 0.4) is 0 Å². The SMILES string of the molecule is O=C(Cn1cn[nH]c1=O)NC(c1ccccc1)c1cc2ccccc2o1. The third kappa shape index (κ3) is 3.14. The standard InChI is InChI=1S/C19H16N4O3/c24-17(11-23-12-20-22-19(23)25)21-18(13-6-2-1-3-7-13)16-10-14-8-4-5-9-15(14)26-16/h1-10,12,18H,11H2,(H,21,24)(H,22,25). The highest BCUT2D eigenvalue weighted by Crippen LogP contribution is 2.28. The van der Waals surface area contributed by atoms with E-state index in [0.717, 1.165) is 16.5 Å². The summed E-state index contributed by atoms with van der Waals surface area (Å²) in [6.45, 7) is -0.126. The zero-order valence-electron chi connectivity index (χ0n) is 13.8. The highest BCUT2D eigenvalue weighted by molar-refractivity contribution is 5.79. The Morgan fingerprint density at radius 2 is 1.92 bits per heavy atom. The summed E-state index contributed by atoms with van der Waals surface area (Å²) in [5.41, 5.74) is 1.21. The van der Waals surface area contributed by atoms with E-state index >= 15 is 0 Å². The number of fused-ring (bicyclic) bond motifs is 1. The van der Waals surface area contributed by atoms with Crippen LogP contribution in [0.4, 0.5) is 0 Å². The van der Waals surface area contributed by atoms with Crippen LogP contribution < -0.4 is 11.0 Å². The number of amides is 1. The average Bonchev–Trinajstić information content (AvgIpc) is 3.26.